The summed E-state index contributed by atoms with van der Waals surface area (Å²) in [6.07, 6.45) is 7.39. The largest absolute Gasteiger partial charge is 2.00 e. The zero-order valence-electron chi connectivity index (χ0n) is 57.8. The summed E-state index contributed by atoms with van der Waals surface area (Å²) in [5, 5.41) is 19.2. The van der Waals surface area contributed by atoms with Crippen molar-refractivity contribution < 1.29 is 158 Å². The summed E-state index contributed by atoms with van der Waals surface area (Å²) in [4.78, 5) is 53.6. The zero-order valence-corrected chi connectivity index (χ0v) is 62.9. The van der Waals surface area contributed by atoms with E-state index < -0.39 is 62.5 Å². The first-order valence-corrected chi connectivity index (χ1v) is 35.6. The molecule has 0 amide bonds. The number of ether oxygens (including phenoxy) is 2. The van der Waals surface area contributed by atoms with Crippen molar-refractivity contribution in [1.29, 1.82) is 10.5 Å². The molecule has 0 unspecified atom stereocenters. The molecule has 0 aliphatic carbocycles. The Kier molecular flexibility index (Phi) is 45.9. The van der Waals surface area contributed by atoms with Gasteiger partial charge in [0.25, 0.3) is 0 Å². The molecule has 604 valence electrons. The van der Waals surface area contributed by atoms with Crippen molar-refractivity contribution in [1.82, 2.24) is 39.7 Å². The summed E-state index contributed by atoms with van der Waals surface area (Å²) in [5.74, 6) is -0.421. The van der Waals surface area contributed by atoms with E-state index in [0.29, 0.717) is 52.5 Å². The van der Waals surface area contributed by atoms with Crippen LogP contribution in [-0.4, -0.2) is 139 Å². The van der Waals surface area contributed by atoms with Crippen molar-refractivity contribution in [3.8, 4) is 34.7 Å². The van der Waals surface area contributed by atoms with E-state index in [9.17, 15) is 62.3 Å². The average molecular weight is 1740 g/mol. The van der Waals surface area contributed by atoms with Gasteiger partial charge in [0.2, 0.25) is 0 Å². The van der Waals surface area contributed by atoms with Gasteiger partial charge in [-0.2, -0.15) is 63.2 Å². The topological polar surface area (TPSA) is 413 Å². The van der Waals surface area contributed by atoms with Gasteiger partial charge in [-0.15, -0.1) is 0 Å². The molecule has 6 heterocycles. The molecule has 0 N–H and O–H groups in total. The quantitative estimate of drug-likeness (QED) is 0.0216. The number of nitrogens with zero attached hydrogens (tertiary/aromatic N) is 10. The summed E-state index contributed by atoms with van der Waals surface area (Å²) < 4.78 is 244. The fourth-order valence-electron chi connectivity index (χ4n) is 8.18. The third-order valence-corrected chi connectivity index (χ3v) is 14.4. The number of nitriles is 2. The number of carbonyl (C=O) groups is 2. The molecule has 0 saturated heterocycles. The molecule has 0 aliphatic rings. The summed E-state index contributed by atoms with van der Waals surface area (Å²) in [6.45, 7) is 14.2. The molecule has 26 nitrogen and oxygen atoms in total. The molecule has 0 fully saturated rings. The number of aromatic nitrogens is 6. The Labute approximate surface area is 645 Å². The molecule has 0 atom stereocenters. The van der Waals surface area contributed by atoms with Gasteiger partial charge >= 0.3 is 68.1 Å². The first kappa shape index (κ1) is 103. The van der Waals surface area contributed by atoms with Crippen LogP contribution in [0.5, 0.6) is 0 Å². The van der Waals surface area contributed by atoms with Crippen LogP contribution in [0.1, 0.15) is 75.7 Å². The molecule has 2 radical (unpaired) electrons. The molecule has 9 aromatic rings. The number of fused-ring (bicyclic) bond motifs is 2. The number of halogens is 12. The molecule has 110 heavy (non-hydrogen) atoms. The minimum atomic E-state index is -6.09. The third kappa shape index (κ3) is 39.4. The Morgan fingerprint density at radius 2 is 0.555 bits per heavy atom. The molecular weight excluding hydrogens is 1670 g/mol. The summed E-state index contributed by atoms with van der Waals surface area (Å²) in [7, 11) is -24.4. The summed E-state index contributed by atoms with van der Waals surface area (Å²) >= 11 is 0. The van der Waals surface area contributed by atoms with E-state index in [1.807, 2.05) is 73.3 Å². The van der Waals surface area contributed by atoms with Crippen molar-refractivity contribution in [2.24, 2.45) is 0 Å². The van der Waals surface area contributed by atoms with Crippen LogP contribution in [0, 0.1) is 22.7 Å². The maximum Gasteiger partial charge on any atom is 2.00 e. The fraction of sp³-hybridized carbons (Fsp3) is 0.273. The first-order valence-electron chi connectivity index (χ1n) is 30.0. The Hall–Kier alpha value is -9.24. The molecule has 0 aliphatic heterocycles. The standard InChI is InChI=1S/C50H42N8.2C4H8O2.2C2H3N.4CHF3O3S.2Cu/c1-2-22-44-43(21-1)49(47-25-13-19-41(55-47)35-57(31-37-15-5-9-27-51-37)32-38-16-6-10-28-52-38)45-23-3-4-24-46(45)50(44)48-26-14-20-42(56-48)36-58(33-39-17-7-11-29-53-39)34-40-18-8-12-30-54-40;2*1-3-6-4(2)5;2*1-2-3;4*2-1(3,4)8(5,6)7;;/h1-30H,31-36H2;2*3H2,1-2H3;2*1H3;4*(H,5,6,7);;/q;;;;;;;;;2*+2/p-4. The van der Waals surface area contributed by atoms with Crippen LogP contribution in [0.4, 0.5) is 52.7 Å². The zero-order chi connectivity index (χ0) is 82.3. The second-order valence-corrected chi connectivity index (χ2v) is 25.8. The molecule has 0 spiro atoms. The van der Waals surface area contributed by atoms with Crippen LogP contribution < -0.4 is 0 Å². The van der Waals surface area contributed by atoms with Crippen LogP contribution in [0.3, 0.4) is 0 Å². The Morgan fingerprint density at radius 3 is 0.709 bits per heavy atom. The number of esters is 2. The maximum atomic E-state index is 10.7. The Morgan fingerprint density at radius 1 is 0.373 bits per heavy atom. The van der Waals surface area contributed by atoms with Crippen molar-refractivity contribution in [2.75, 3.05) is 13.2 Å². The molecule has 6 aromatic heterocycles. The summed E-state index contributed by atoms with van der Waals surface area (Å²) in [5.41, 5.74) is -12.5. The second-order valence-electron chi connectivity index (χ2n) is 20.3. The van der Waals surface area contributed by atoms with E-state index in [-0.39, 0.29) is 46.1 Å². The first-order chi connectivity index (χ1) is 50.1. The molecule has 3 aromatic carbocycles. The van der Waals surface area contributed by atoms with E-state index in [1.54, 1.807) is 26.0 Å². The predicted molar refractivity (Wildman–Crippen MR) is 361 cm³/mol. The molecule has 0 saturated carbocycles. The van der Waals surface area contributed by atoms with Gasteiger partial charge in [-0.3, -0.25) is 49.3 Å². The Balaban J connectivity index is 0. The van der Waals surface area contributed by atoms with E-state index in [4.69, 9.17) is 72.4 Å². The van der Waals surface area contributed by atoms with Crippen molar-refractivity contribution >= 4 is 74.0 Å². The van der Waals surface area contributed by atoms with E-state index in [1.165, 1.54) is 27.7 Å². The van der Waals surface area contributed by atoms with Crippen LogP contribution in [-0.2, 0) is 133 Å². The van der Waals surface area contributed by atoms with Gasteiger partial charge in [0.05, 0.1) is 70.9 Å². The van der Waals surface area contributed by atoms with E-state index in [0.717, 1.165) is 78.2 Å². The van der Waals surface area contributed by atoms with E-state index in [2.05, 4.69) is 148 Å². The number of rotatable bonds is 16. The molecular formula is C66H64Cu2F12N10O16S4. The van der Waals surface area contributed by atoms with Crippen molar-refractivity contribution in [2.45, 2.75) is 103 Å². The Bertz CT molecular complexity index is 4320. The van der Waals surface area contributed by atoms with Crippen molar-refractivity contribution in [3.63, 3.8) is 0 Å². The van der Waals surface area contributed by atoms with Gasteiger partial charge < -0.3 is 27.7 Å². The van der Waals surface area contributed by atoms with Gasteiger partial charge in [0.15, 0.2) is 40.5 Å². The van der Waals surface area contributed by atoms with Crippen LogP contribution in [0.15, 0.2) is 183 Å². The number of hydrogen-bond donors (Lipinski definition) is 0. The van der Waals surface area contributed by atoms with Gasteiger partial charge in [-0.25, -0.2) is 33.7 Å². The molecule has 0 bridgehead atoms. The normalized spacial score (nSPS) is 11.1. The number of alkyl halides is 12. The van der Waals surface area contributed by atoms with Gasteiger partial charge in [0.1, 0.15) is 0 Å². The smallest absolute Gasteiger partial charge is 0.741 e. The fourth-order valence-corrected chi connectivity index (χ4v) is 8.18. The average Bonchev–Trinajstić information content (AvgIpc) is 0.735. The number of hydrogen-bond acceptors (Lipinski definition) is 26. The number of benzene rings is 3. The van der Waals surface area contributed by atoms with E-state index >= 15 is 0 Å². The second kappa shape index (κ2) is 49.1. The summed E-state index contributed by atoms with van der Waals surface area (Å²) in [6, 6.07) is 57.8. The third-order valence-electron chi connectivity index (χ3n) is 12.1. The number of pyridine rings is 6. The minimum Gasteiger partial charge on any atom is -0.741 e. The van der Waals surface area contributed by atoms with Crippen LogP contribution >= 0.6 is 0 Å². The van der Waals surface area contributed by atoms with Gasteiger partial charge in [-0.1, -0.05) is 84.9 Å². The van der Waals surface area contributed by atoms with Crippen LogP contribution in [0.25, 0.3) is 44.1 Å². The monoisotopic (exact) mass is 1730 g/mol. The maximum absolute atomic E-state index is 10.7. The van der Waals surface area contributed by atoms with Gasteiger partial charge in [-0.05, 0) is 108 Å². The van der Waals surface area contributed by atoms with Crippen LogP contribution in [0.2, 0.25) is 0 Å². The predicted octanol–water partition coefficient (Wildman–Crippen LogP) is 12.5. The molecule has 44 heteroatoms. The van der Waals surface area contributed by atoms with Crippen molar-refractivity contribution in [3.05, 3.63) is 217 Å². The number of carbonyl (C=O) groups excluding carboxylic acids is 2. The minimum absolute atomic E-state index is 0. The van der Waals surface area contributed by atoms with Gasteiger partial charge in [0, 0.05) is 103 Å². The SMILES string of the molecule is CC#N.CC#N.CCOC(C)=O.CCOC(C)=O.O=S(=O)([O-])C(F)(F)F.O=S(=O)([O-])C(F)(F)F.O=S(=O)([O-])C(F)(F)F.O=S(=O)([O-])C(F)(F)F.[Cu+2].[Cu+2].c1ccc(CN(Cc2ccccn2)Cc2cccc(-c3c4ccccc4c(-c4cccc(CN(Cc5ccccn5)Cc5ccccn5)n4)c4ccccc34)n2)nc1. The molecule has 9 rings (SSSR count).